The Balaban J connectivity index is 1.34. The van der Waals surface area contributed by atoms with Gasteiger partial charge in [0.1, 0.15) is 16.4 Å². The maximum atomic E-state index is 15.4. The molecule has 3 aromatic carbocycles. The van der Waals surface area contributed by atoms with Crippen molar-refractivity contribution in [2.75, 3.05) is 5.32 Å². The number of halogens is 4. The van der Waals surface area contributed by atoms with Crippen LogP contribution >= 0.6 is 34.5 Å². The molecule has 5 aromatic rings. The fourth-order valence-electron chi connectivity index (χ4n) is 3.63. The Hall–Kier alpha value is -4.37. The zero-order chi connectivity index (χ0) is 28.4. The number of ether oxygens (including phenoxy) is 1. The number of hydrogen-bond acceptors (Lipinski definition) is 8. The molecular formula is C27H15Cl2F2N5O3S. The average molecular weight is 598 g/mol. The van der Waals surface area contributed by atoms with Gasteiger partial charge in [-0.05, 0) is 49.4 Å². The summed E-state index contributed by atoms with van der Waals surface area (Å²) >= 11 is 13.3. The van der Waals surface area contributed by atoms with Gasteiger partial charge in [-0.1, -0.05) is 46.7 Å². The third kappa shape index (κ3) is 5.94. The highest BCUT2D eigenvalue weighted by molar-refractivity contribution is 7.19. The zero-order valence-corrected chi connectivity index (χ0v) is 22.7. The first-order valence-corrected chi connectivity index (χ1v) is 13.0. The van der Waals surface area contributed by atoms with E-state index in [0.29, 0.717) is 10.6 Å². The Morgan fingerprint density at radius 1 is 1.15 bits per heavy atom. The minimum Gasteiger partial charge on any atom is -0.453 e. The summed E-state index contributed by atoms with van der Waals surface area (Å²) in [6, 6.07) is 14.4. The Morgan fingerprint density at radius 3 is 2.75 bits per heavy atom. The van der Waals surface area contributed by atoms with Crippen LogP contribution in [0.25, 0.3) is 10.8 Å². The van der Waals surface area contributed by atoms with Gasteiger partial charge in [-0.2, -0.15) is 5.26 Å². The van der Waals surface area contributed by atoms with E-state index in [-0.39, 0.29) is 61.6 Å². The second kappa shape index (κ2) is 11.4. The summed E-state index contributed by atoms with van der Waals surface area (Å²) in [4.78, 5) is 17.2. The van der Waals surface area contributed by atoms with E-state index < -0.39 is 17.5 Å². The van der Waals surface area contributed by atoms with Crippen LogP contribution in [0.3, 0.4) is 0 Å². The lowest BCUT2D eigenvalue weighted by Crippen LogP contribution is -2.11. The lowest BCUT2D eigenvalue weighted by Gasteiger charge is -2.11. The first-order valence-electron chi connectivity index (χ1n) is 11.4. The highest BCUT2D eigenvalue weighted by atomic mass is 35.5. The van der Waals surface area contributed by atoms with Gasteiger partial charge in [0.25, 0.3) is 11.8 Å². The SMILES string of the molecule is Cc1nc(NC(=O)c2cccc(F)c2)sc1-c1nnc(Cc2ccc(Cl)c(Oc3cc(Cl)cc(C#N)c3)c2F)o1. The first-order chi connectivity index (χ1) is 19.2. The molecule has 0 aliphatic rings. The van der Waals surface area contributed by atoms with Crippen molar-refractivity contribution in [3.63, 3.8) is 0 Å². The minimum atomic E-state index is -0.748. The maximum absolute atomic E-state index is 15.4. The number of carbonyl (C=O) groups is 1. The molecule has 0 bridgehead atoms. The van der Waals surface area contributed by atoms with Crippen LogP contribution in [0, 0.1) is 29.9 Å². The maximum Gasteiger partial charge on any atom is 0.259 e. The van der Waals surface area contributed by atoms with E-state index in [1.807, 2.05) is 6.07 Å². The van der Waals surface area contributed by atoms with Crippen LogP contribution in [0.15, 0.2) is 59.0 Å². The molecule has 0 aliphatic heterocycles. The van der Waals surface area contributed by atoms with E-state index in [1.54, 1.807) is 6.92 Å². The van der Waals surface area contributed by atoms with Crippen molar-refractivity contribution in [2.24, 2.45) is 0 Å². The highest BCUT2D eigenvalue weighted by Crippen LogP contribution is 2.37. The second-order valence-corrected chi connectivity index (χ2v) is 10.2. The van der Waals surface area contributed by atoms with Crippen molar-refractivity contribution in [3.05, 3.63) is 105 Å². The van der Waals surface area contributed by atoms with E-state index in [9.17, 15) is 9.18 Å². The summed E-state index contributed by atoms with van der Waals surface area (Å²) in [5, 5.41) is 20.3. The third-order valence-corrected chi connectivity index (χ3v) is 7.03. The molecule has 0 unspecified atom stereocenters. The van der Waals surface area contributed by atoms with Gasteiger partial charge < -0.3 is 9.15 Å². The van der Waals surface area contributed by atoms with Crippen molar-refractivity contribution in [1.29, 1.82) is 5.26 Å². The van der Waals surface area contributed by atoms with E-state index in [1.165, 1.54) is 48.5 Å². The van der Waals surface area contributed by atoms with Gasteiger partial charge in [-0.25, -0.2) is 13.8 Å². The minimum absolute atomic E-state index is 0.0130. The van der Waals surface area contributed by atoms with Crippen LogP contribution in [0.2, 0.25) is 10.0 Å². The van der Waals surface area contributed by atoms with Crippen LogP contribution in [0.1, 0.15) is 33.1 Å². The molecule has 5 rings (SSSR count). The van der Waals surface area contributed by atoms with Crippen molar-refractivity contribution < 1.29 is 22.7 Å². The summed E-state index contributed by atoms with van der Waals surface area (Å²) < 4.78 is 40.2. The van der Waals surface area contributed by atoms with Gasteiger partial charge in [0, 0.05) is 16.1 Å². The number of carbonyl (C=O) groups excluding carboxylic acids is 1. The molecule has 200 valence electrons. The third-order valence-electron chi connectivity index (χ3n) is 5.46. The van der Waals surface area contributed by atoms with Gasteiger partial charge >= 0.3 is 0 Å². The van der Waals surface area contributed by atoms with Gasteiger partial charge in [0.15, 0.2) is 16.7 Å². The molecule has 0 atom stereocenters. The number of anilines is 1. The van der Waals surface area contributed by atoms with Crippen LogP contribution in [0.5, 0.6) is 11.5 Å². The molecule has 0 spiro atoms. The molecule has 2 heterocycles. The molecule has 0 radical (unpaired) electrons. The number of hydrogen-bond donors (Lipinski definition) is 1. The van der Waals surface area contributed by atoms with Crippen LogP contribution in [-0.4, -0.2) is 21.1 Å². The number of nitrogens with one attached hydrogen (secondary N) is 1. The number of aromatic nitrogens is 3. The Morgan fingerprint density at radius 2 is 1.98 bits per heavy atom. The predicted molar refractivity (Wildman–Crippen MR) is 145 cm³/mol. The average Bonchev–Trinajstić information content (AvgIpc) is 3.53. The van der Waals surface area contributed by atoms with Crippen molar-refractivity contribution in [1.82, 2.24) is 15.2 Å². The number of rotatable bonds is 7. The van der Waals surface area contributed by atoms with Crippen molar-refractivity contribution >= 4 is 45.6 Å². The molecule has 40 heavy (non-hydrogen) atoms. The predicted octanol–water partition coefficient (Wildman–Crippen LogP) is 7.59. The molecule has 0 aliphatic carbocycles. The first kappa shape index (κ1) is 27.2. The topological polar surface area (TPSA) is 114 Å². The smallest absolute Gasteiger partial charge is 0.259 e. The largest absolute Gasteiger partial charge is 0.453 e. The van der Waals surface area contributed by atoms with Crippen LogP contribution < -0.4 is 10.1 Å². The summed E-state index contributed by atoms with van der Waals surface area (Å²) in [5.41, 5.74) is 1.06. The van der Waals surface area contributed by atoms with E-state index >= 15 is 4.39 Å². The lowest BCUT2D eigenvalue weighted by atomic mass is 10.1. The van der Waals surface area contributed by atoms with Gasteiger partial charge in [-0.15, -0.1) is 10.2 Å². The number of amides is 1. The molecule has 8 nitrogen and oxygen atoms in total. The molecule has 0 fully saturated rings. The number of nitriles is 1. The fourth-order valence-corrected chi connectivity index (χ4v) is 4.93. The van der Waals surface area contributed by atoms with Crippen LogP contribution in [-0.2, 0) is 6.42 Å². The number of benzene rings is 3. The standard InChI is InChI=1S/C27H15Cl2F2N5O3S/c1-13-24(40-27(33-13)34-25(37)16-3-2-4-18(30)9-16)26-36-35-21(39-26)10-15-5-6-20(29)23(22(15)31)38-19-8-14(12-32)7-17(28)11-19/h2-9,11H,10H2,1H3,(H,33,34,37). The fraction of sp³-hybridized carbons (Fsp3) is 0.0741. The summed E-state index contributed by atoms with van der Waals surface area (Å²) in [5.74, 6) is -1.67. The molecule has 13 heteroatoms. The summed E-state index contributed by atoms with van der Waals surface area (Å²) in [6.07, 6.45) is -0.0770. The van der Waals surface area contributed by atoms with Gasteiger partial charge in [-0.3, -0.25) is 10.1 Å². The van der Waals surface area contributed by atoms with E-state index in [2.05, 4.69) is 20.5 Å². The molecular weight excluding hydrogens is 583 g/mol. The molecule has 2 aromatic heterocycles. The number of nitrogens with zero attached hydrogens (tertiary/aromatic N) is 4. The Labute approximate surface area is 239 Å². The quantitative estimate of drug-likeness (QED) is 0.205. The van der Waals surface area contributed by atoms with Gasteiger partial charge in [0.05, 0.1) is 28.8 Å². The molecule has 0 saturated heterocycles. The van der Waals surface area contributed by atoms with E-state index in [4.69, 9.17) is 37.6 Å². The molecule has 0 saturated carbocycles. The van der Waals surface area contributed by atoms with Crippen molar-refractivity contribution in [3.8, 4) is 28.3 Å². The van der Waals surface area contributed by atoms with Crippen LogP contribution in [0.4, 0.5) is 13.9 Å². The molecule has 1 N–H and O–H groups in total. The van der Waals surface area contributed by atoms with E-state index in [0.717, 1.165) is 17.4 Å². The number of aryl methyl sites for hydroxylation is 1. The zero-order valence-electron chi connectivity index (χ0n) is 20.3. The summed E-state index contributed by atoms with van der Waals surface area (Å²) in [6.45, 7) is 1.70. The highest BCUT2D eigenvalue weighted by Gasteiger charge is 2.21. The lowest BCUT2D eigenvalue weighted by molar-refractivity contribution is 0.102. The Bertz CT molecular complexity index is 1800. The molecule has 1 amide bonds. The number of thiazole rings is 1. The monoisotopic (exact) mass is 597 g/mol. The second-order valence-electron chi connectivity index (χ2n) is 8.31. The Kier molecular flexibility index (Phi) is 7.75. The van der Waals surface area contributed by atoms with Gasteiger partial charge in [0.2, 0.25) is 5.89 Å². The normalized spacial score (nSPS) is 10.8. The summed E-state index contributed by atoms with van der Waals surface area (Å²) in [7, 11) is 0. The van der Waals surface area contributed by atoms with Crippen molar-refractivity contribution in [2.45, 2.75) is 13.3 Å².